The van der Waals surface area contributed by atoms with E-state index < -0.39 is 0 Å². The minimum absolute atomic E-state index is 0.0602. The van der Waals surface area contributed by atoms with Crippen molar-refractivity contribution in [2.24, 2.45) is 5.73 Å². The molecule has 4 heteroatoms. The Morgan fingerprint density at radius 1 is 1.10 bits per heavy atom. The molecule has 4 nitrogen and oxygen atoms in total. The van der Waals surface area contributed by atoms with Crippen molar-refractivity contribution in [1.29, 1.82) is 0 Å². The second-order valence-electron chi connectivity index (χ2n) is 4.92. The Balaban J connectivity index is 1.76. The van der Waals surface area contributed by atoms with Crippen LogP contribution in [0.4, 0.5) is 0 Å². The van der Waals surface area contributed by atoms with Crippen molar-refractivity contribution >= 4 is 16.7 Å². The SMILES string of the molecule is NCCCNC(=O)CCCOc1cccc2ccccc12. The highest BCUT2D eigenvalue weighted by atomic mass is 16.5. The maximum absolute atomic E-state index is 11.5. The number of carbonyl (C=O) groups is 1. The third kappa shape index (κ3) is 4.76. The first kappa shape index (κ1) is 15.3. The summed E-state index contributed by atoms with van der Waals surface area (Å²) in [7, 11) is 0. The lowest BCUT2D eigenvalue weighted by Gasteiger charge is -2.09. The predicted octanol–water partition coefficient (Wildman–Crippen LogP) is 2.46. The molecule has 112 valence electrons. The summed E-state index contributed by atoms with van der Waals surface area (Å²) in [6.07, 6.45) is 2.01. The Morgan fingerprint density at radius 2 is 1.90 bits per heavy atom. The average molecular weight is 286 g/mol. The number of ether oxygens (including phenoxy) is 1. The van der Waals surface area contributed by atoms with E-state index in [1.165, 1.54) is 0 Å². The second-order valence-corrected chi connectivity index (χ2v) is 4.92. The summed E-state index contributed by atoms with van der Waals surface area (Å²) >= 11 is 0. The molecule has 3 N–H and O–H groups in total. The van der Waals surface area contributed by atoms with Gasteiger partial charge >= 0.3 is 0 Å². The molecule has 0 aliphatic rings. The van der Waals surface area contributed by atoms with Crippen molar-refractivity contribution in [3.63, 3.8) is 0 Å². The van der Waals surface area contributed by atoms with Crippen LogP contribution in [0.15, 0.2) is 42.5 Å². The number of nitrogens with one attached hydrogen (secondary N) is 1. The maximum Gasteiger partial charge on any atom is 0.220 e. The quantitative estimate of drug-likeness (QED) is 0.733. The average Bonchev–Trinajstić information content (AvgIpc) is 2.52. The largest absolute Gasteiger partial charge is 0.493 e. The molecule has 0 spiro atoms. The molecule has 0 atom stereocenters. The van der Waals surface area contributed by atoms with Crippen molar-refractivity contribution in [1.82, 2.24) is 5.32 Å². The van der Waals surface area contributed by atoms with Gasteiger partial charge in [-0.3, -0.25) is 4.79 Å². The Labute approximate surface area is 125 Å². The van der Waals surface area contributed by atoms with Gasteiger partial charge in [-0.2, -0.15) is 0 Å². The van der Waals surface area contributed by atoms with Crippen LogP contribution in [0, 0.1) is 0 Å². The van der Waals surface area contributed by atoms with E-state index in [9.17, 15) is 4.79 Å². The number of hydrogen-bond donors (Lipinski definition) is 2. The highest BCUT2D eigenvalue weighted by molar-refractivity contribution is 5.88. The van der Waals surface area contributed by atoms with E-state index in [0.29, 0.717) is 32.5 Å². The summed E-state index contributed by atoms with van der Waals surface area (Å²) in [5.41, 5.74) is 5.37. The molecule has 0 aliphatic heterocycles. The Kier molecular flexibility index (Phi) is 6.03. The molecular formula is C17H22N2O2. The predicted molar refractivity (Wildman–Crippen MR) is 85.4 cm³/mol. The van der Waals surface area contributed by atoms with E-state index in [-0.39, 0.29) is 5.91 Å². The van der Waals surface area contributed by atoms with E-state index in [4.69, 9.17) is 10.5 Å². The summed E-state index contributed by atoms with van der Waals surface area (Å²) < 4.78 is 5.80. The highest BCUT2D eigenvalue weighted by Gasteiger charge is 2.03. The van der Waals surface area contributed by atoms with Crippen molar-refractivity contribution in [2.75, 3.05) is 19.7 Å². The first-order valence-corrected chi connectivity index (χ1v) is 7.38. The molecule has 0 aliphatic carbocycles. The third-order valence-electron chi connectivity index (χ3n) is 3.26. The van der Waals surface area contributed by atoms with Crippen molar-refractivity contribution in [2.45, 2.75) is 19.3 Å². The molecule has 2 aromatic rings. The summed E-state index contributed by atoms with van der Waals surface area (Å²) in [4.78, 5) is 11.5. The van der Waals surface area contributed by atoms with Crippen molar-refractivity contribution in [3.8, 4) is 5.75 Å². The van der Waals surface area contributed by atoms with Gasteiger partial charge in [0.2, 0.25) is 5.91 Å². The maximum atomic E-state index is 11.5. The lowest BCUT2D eigenvalue weighted by atomic mass is 10.1. The minimum Gasteiger partial charge on any atom is -0.493 e. The zero-order valence-corrected chi connectivity index (χ0v) is 12.2. The third-order valence-corrected chi connectivity index (χ3v) is 3.26. The number of hydrogen-bond acceptors (Lipinski definition) is 3. The van der Waals surface area contributed by atoms with Gasteiger partial charge in [-0.05, 0) is 30.8 Å². The molecule has 0 aromatic heterocycles. The van der Waals surface area contributed by atoms with Crippen LogP contribution in [0.1, 0.15) is 19.3 Å². The van der Waals surface area contributed by atoms with Gasteiger partial charge in [-0.1, -0.05) is 36.4 Å². The summed E-state index contributed by atoms with van der Waals surface area (Å²) in [6.45, 7) is 1.79. The smallest absolute Gasteiger partial charge is 0.220 e. The van der Waals surface area contributed by atoms with Crippen LogP contribution in [-0.4, -0.2) is 25.6 Å². The van der Waals surface area contributed by atoms with Crippen LogP contribution < -0.4 is 15.8 Å². The molecule has 0 fully saturated rings. The lowest BCUT2D eigenvalue weighted by molar-refractivity contribution is -0.121. The van der Waals surface area contributed by atoms with E-state index in [1.807, 2.05) is 30.3 Å². The molecule has 0 saturated heterocycles. The van der Waals surface area contributed by atoms with Gasteiger partial charge in [-0.15, -0.1) is 0 Å². The van der Waals surface area contributed by atoms with Gasteiger partial charge in [0.05, 0.1) is 6.61 Å². The number of amides is 1. The van der Waals surface area contributed by atoms with Gasteiger partial charge in [0.15, 0.2) is 0 Å². The number of rotatable bonds is 8. The fraction of sp³-hybridized carbons (Fsp3) is 0.353. The van der Waals surface area contributed by atoms with Crippen LogP contribution in [0.5, 0.6) is 5.75 Å². The van der Waals surface area contributed by atoms with Gasteiger partial charge in [0, 0.05) is 18.4 Å². The number of carbonyl (C=O) groups excluding carboxylic acids is 1. The van der Waals surface area contributed by atoms with Gasteiger partial charge in [-0.25, -0.2) is 0 Å². The highest BCUT2D eigenvalue weighted by Crippen LogP contribution is 2.25. The molecule has 0 bridgehead atoms. The van der Waals surface area contributed by atoms with Crippen LogP contribution in [0.2, 0.25) is 0 Å². The van der Waals surface area contributed by atoms with E-state index in [0.717, 1.165) is 22.9 Å². The van der Waals surface area contributed by atoms with E-state index in [2.05, 4.69) is 17.4 Å². The van der Waals surface area contributed by atoms with Gasteiger partial charge in [0.25, 0.3) is 0 Å². The van der Waals surface area contributed by atoms with Crippen LogP contribution >= 0.6 is 0 Å². The molecule has 0 saturated carbocycles. The molecular weight excluding hydrogens is 264 g/mol. The molecule has 0 radical (unpaired) electrons. The first-order valence-electron chi connectivity index (χ1n) is 7.38. The van der Waals surface area contributed by atoms with Gasteiger partial charge < -0.3 is 15.8 Å². The number of nitrogens with two attached hydrogens (primary N) is 1. The standard InChI is InChI=1S/C17H22N2O2/c18-11-5-12-19-17(20)10-4-13-21-16-9-3-7-14-6-1-2-8-15(14)16/h1-3,6-9H,4-5,10-13,18H2,(H,19,20). The Morgan fingerprint density at radius 3 is 2.76 bits per heavy atom. The van der Waals surface area contributed by atoms with Crippen molar-refractivity contribution < 1.29 is 9.53 Å². The fourth-order valence-electron chi connectivity index (χ4n) is 2.15. The summed E-state index contributed by atoms with van der Waals surface area (Å²) in [5, 5.41) is 5.10. The monoisotopic (exact) mass is 286 g/mol. The molecule has 2 aromatic carbocycles. The molecule has 2 rings (SSSR count). The van der Waals surface area contributed by atoms with Crippen LogP contribution in [0.3, 0.4) is 0 Å². The van der Waals surface area contributed by atoms with E-state index >= 15 is 0 Å². The lowest BCUT2D eigenvalue weighted by Crippen LogP contribution is -2.26. The Hall–Kier alpha value is -2.07. The van der Waals surface area contributed by atoms with Crippen molar-refractivity contribution in [3.05, 3.63) is 42.5 Å². The topological polar surface area (TPSA) is 64.3 Å². The summed E-state index contributed by atoms with van der Waals surface area (Å²) in [5.74, 6) is 0.932. The van der Waals surface area contributed by atoms with E-state index in [1.54, 1.807) is 0 Å². The fourth-order valence-corrected chi connectivity index (χ4v) is 2.15. The first-order chi connectivity index (χ1) is 10.3. The molecule has 0 unspecified atom stereocenters. The van der Waals surface area contributed by atoms with Crippen LogP contribution in [-0.2, 0) is 4.79 Å². The zero-order valence-electron chi connectivity index (χ0n) is 12.2. The summed E-state index contributed by atoms with van der Waals surface area (Å²) in [6, 6.07) is 14.1. The van der Waals surface area contributed by atoms with Gasteiger partial charge in [0.1, 0.15) is 5.75 Å². The Bertz CT molecular complexity index is 579. The molecule has 0 heterocycles. The number of benzene rings is 2. The number of fused-ring (bicyclic) bond motifs is 1. The molecule has 21 heavy (non-hydrogen) atoms. The second kappa shape index (κ2) is 8.27. The van der Waals surface area contributed by atoms with Crippen LogP contribution in [0.25, 0.3) is 10.8 Å². The molecule has 1 amide bonds. The minimum atomic E-state index is 0.0602. The normalized spacial score (nSPS) is 10.5. The zero-order chi connectivity index (χ0) is 14.9.